The number of alkyl halides is 3. The molecule has 0 saturated heterocycles. The van der Waals surface area contributed by atoms with Crippen molar-refractivity contribution in [3.05, 3.63) is 100 Å². The molecule has 4 aromatic rings. The fourth-order valence-electron chi connectivity index (χ4n) is 4.11. The minimum atomic E-state index is -4.62. The summed E-state index contributed by atoms with van der Waals surface area (Å²) in [5, 5.41) is 0.0684. The number of ether oxygens (including phenoxy) is 1. The van der Waals surface area contributed by atoms with Gasteiger partial charge in [0.05, 0.1) is 28.6 Å². The Balaban J connectivity index is 1.88. The van der Waals surface area contributed by atoms with Crippen LogP contribution >= 0.6 is 0 Å². The third-order valence-electron chi connectivity index (χ3n) is 6.07. The second-order valence-corrected chi connectivity index (χ2v) is 10.7. The molecule has 0 aliphatic heterocycles. The number of fused-ring (bicyclic) bond motifs is 1. The van der Waals surface area contributed by atoms with Crippen molar-refractivity contribution in [2.75, 3.05) is 7.11 Å². The quantitative estimate of drug-likeness (QED) is 0.209. The first-order valence-electron chi connectivity index (χ1n) is 11.3. The topological polar surface area (TPSA) is 65.4 Å². The molecule has 0 amide bonds. The van der Waals surface area contributed by atoms with Crippen molar-refractivity contribution in [2.45, 2.75) is 37.3 Å². The Bertz CT molecular complexity index is 1590. The van der Waals surface area contributed by atoms with Crippen LogP contribution in [-0.2, 0) is 27.4 Å². The number of aromatic nitrogens is 1. The maximum atomic E-state index is 14.5. The smallest absolute Gasteiger partial charge is 0.416 e. The lowest BCUT2D eigenvalue weighted by molar-refractivity contribution is -0.137. The Morgan fingerprint density at radius 1 is 0.973 bits per heavy atom. The van der Waals surface area contributed by atoms with Crippen molar-refractivity contribution in [1.29, 1.82) is 0 Å². The monoisotopic (exact) mass is 533 g/mol. The van der Waals surface area contributed by atoms with E-state index < -0.39 is 33.5 Å². The number of rotatable bonds is 6. The van der Waals surface area contributed by atoms with Crippen LogP contribution in [-0.4, -0.2) is 25.5 Å². The summed E-state index contributed by atoms with van der Waals surface area (Å²) in [6.07, 6.45) is -4.74. The number of hydrogen-bond acceptors (Lipinski definition) is 4. The molecule has 0 spiro atoms. The zero-order chi connectivity index (χ0) is 27.1. The average molecular weight is 534 g/mol. The summed E-state index contributed by atoms with van der Waals surface area (Å²) >= 11 is 0. The van der Waals surface area contributed by atoms with Crippen LogP contribution in [0.15, 0.2) is 71.6 Å². The molecule has 0 aliphatic rings. The maximum absolute atomic E-state index is 14.5. The van der Waals surface area contributed by atoms with Crippen molar-refractivity contribution in [3.8, 4) is 0 Å². The van der Waals surface area contributed by atoms with E-state index in [1.807, 2.05) is 13.8 Å². The van der Waals surface area contributed by atoms with Crippen LogP contribution < -0.4 is 0 Å². The molecule has 3 aromatic carbocycles. The van der Waals surface area contributed by atoms with Gasteiger partial charge >= 0.3 is 12.1 Å². The summed E-state index contributed by atoms with van der Waals surface area (Å²) in [7, 11) is -3.12. The van der Waals surface area contributed by atoms with Crippen LogP contribution in [0.5, 0.6) is 0 Å². The predicted octanol–water partition coefficient (Wildman–Crippen LogP) is 6.54. The summed E-state index contributed by atoms with van der Waals surface area (Å²) in [6, 6.07) is 14.2. The largest absolute Gasteiger partial charge is 0.465 e. The van der Waals surface area contributed by atoms with Gasteiger partial charge in [-0.3, -0.25) is 0 Å². The molecule has 37 heavy (non-hydrogen) atoms. The van der Waals surface area contributed by atoms with Crippen LogP contribution in [0.3, 0.4) is 0 Å². The van der Waals surface area contributed by atoms with Gasteiger partial charge < -0.3 is 4.74 Å². The van der Waals surface area contributed by atoms with Crippen molar-refractivity contribution in [2.24, 2.45) is 0 Å². The lowest BCUT2D eigenvalue weighted by atomic mass is 10.0. The van der Waals surface area contributed by atoms with Gasteiger partial charge in [0.15, 0.2) is 0 Å². The highest BCUT2D eigenvalue weighted by molar-refractivity contribution is 7.90. The van der Waals surface area contributed by atoms with E-state index in [0.29, 0.717) is 5.56 Å². The molecule has 0 bridgehead atoms. The van der Waals surface area contributed by atoms with Crippen molar-refractivity contribution in [3.63, 3.8) is 0 Å². The number of hydrogen-bond donors (Lipinski definition) is 0. The first-order chi connectivity index (χ1) is 17.3. The van der Waals surface area contributed by atoms with E-state index >= 15 is 0 Å². The summed E-state index contributed by atoms with van der Waals surface area (Å²) in [6.45, 7) is 3.92. The van der Waals surface area contributed by atoms with Gasteiger partial charge in [0, 0.05) is 17.5 Å². The SMILES string of the molecule is COC(=O)c1ccc(Cc2cc3cc(C(F)(F)F)ccc3n2S(=O)(=O)c2ccc(C(C)C)cc2)cc1F. The molecule has 0 fully saturated rings. The molecule has 194 valence electrons. The molecule has 0 N–H and O–H groups in total. The lowest BCUT2D eigenvalue weighted by Gasteiger charge is -2.14. The first kappa shape index (κ1) is 26.4. The van der Waals surface area contributed by atoms with Gasteiger partial charge in [0.1, 0.15) is 5.82 Å². The highest BCUT2D eigenvalue weighted by atomic mass is 32.2. The van der Waals surface area contributed by atoms with Crippen LogP contribution in [0.25, 0.3) is 10.9 Å². The Labute approximate surface area is 211 Å². The normalized spacial score (nSPS) is 12.3. The van der Waals surface area contributed by atoms with Crippen molar-refractivity contribution in [1.82, 2.24) is 3.97 Å². The van der Waals surface area contributed by atoms with Crippen LogP contribution in [0, 0.1) is 5.82 Å². The minimum Gasteiger partial charge on any atom is -0.465 e. The molecule has 0 atom stereocenters. The van der Waals surface area contributed by atoms with Gasteiger partial charge in [-0.1, -0.05) is 32.0 Å². The van der Waals surface area contributed by atoms with Gasteiger partial charge in [-0.05, 0) is 65.6 Å². The van der Waals surface area contributed by atoms with Gasteiger partial charge in [-0.25, -0.2) is 21.6 Å². The third-order valence-corrected chi connectivity index (χ3v) is 7.85. The third kappa shape index (κ3) is 5.11. The zero-order valence-corrected chi connectivity index (χ0v) is 21.0. The number of nitrogens with zero attached hydrogens (tertiary/aromatic N) is 1. The molecule has 0 unspecified atom stereocenters. The van der Waals surface area contributed by atoms with E-state index in [4.69, 9.17) is 0 Å². The van der Waals surface area contributed by atoms with Crippen molar-refractivity contribution < 1.29 is 35.5 Å². The second kappa shape index (κ2) is 9.66. The zero-order valence-electron chi connectivity index (χ0n) is 20.1. The van der Waals surface area contributed by atoms with Gasteiger partial charge in [0.2, 0.25) is 0 Å². The number of benzene rings is 3. The summed E-state index contributed by atoms with van der Waals surface area (Å²) < 4.78 is 87.6. The number of esters is 1. The molecular formula is C27H23F4NO4S. The van der Waals surface area contributed by atoms with Gasteiger partial charge in [0.25, 0.3) is 10.0 Å². The van der Waals surface area contributed by atoms with E-state index in [2.05, 4.69) is 4.74 Å². The minimum absolute atomic E-state index is 0.0391. The maximum Gasteiger partial charge on any atom is 0.416 e. The Morgan fingerprint density at radius 3 is 2.22 bits per heavy atom. The second-order valence-electron chi connectivity index (χ2n) is 8.88. The highest BCUT2D eigenvalue weighted by Crippen LogP contribution is 2.34. The molecule has 4 rings (SSSR count). The van der Waals surface area contributed by atoms with E-state index in [1.54, 1.807) is 12.1 Å². The average Bonchev–Trinajstić information content (AvgIpc) is 3.21. The number of halogens is 4. The fourth-order valence-corrected chi connectivity index (χ4v) is 5.66. The predicted molar refractivity (Wildman–Crippen MR) is 131 cm³/mol. The van der Waals surface area contributed by atoms with Gasteiger partial charge in [-0.2, -0.15) is 13.2 Å². The molecule has 10 heteroatoms. The number of carbonyl (C=O) groups excluding carboxylic acids is 1. The summed E-state index contributed by atoms with van der Waals surface area (Å²) in [5.41, 5.74) is 0.216. The molecule has 0 aliphatic carbocycles. The van der Waals surface area contributed by atoms with Crippen LogP contribution in [0.2, 0.25) is 0 Å². The number of methoxy groups -OCH3 is 1. The lowest BCUT2D eigenvalue weighted by Crippen LogP contribution is -2.16. The molecule has 5 nitrogen and oxygen atoms in total. The van der Waals surface area contributed by atoms with E-state index in [-0.39, 0.29) is 39.4 Å². The van der Waals surface area contributed by atoms with Crippen molar-refractivity contribution >= 4 is 26.9 Å². The standard InChI is InChI=1S/C27H23F4NO4S/c1-16(2)18-5-8-22(9-6-18)37(34,35)32-21(12-17-4-10-23(24(28)13-17)26(33)36-3)15-19-14-20(27(29,30)31)7-11-25(19)32/h4-11,13-16H,12H2,1-3H3. The molecule has 1 aromatic heterocycles. The van der Waals surface area contributed by atoms with E-state index in [1.165, 1.54) is 30.3 Å². The van der Waals surface area contributed by atoms with E-state index in [9.17, 15) is 30.8 Å². The first-order valence-corrected chi connectivity index (χ1v) is 12.7. The molecule has 0 radical (unpaired) electrons. The van der Waals surface area contributed by atoms with Crippen LogP contribution in [0.1, 0.15) is 52.5 Å². The number of carbonyl (C=O) groups is 1. The Kier molecular flexibility index (Phi) is 6.89. The van der Waals surface area contributed by atoms with Gasteiger partial charge in [-0.15, -0.1) is 0 Å². The van der Waals surface area contributed by atoms with Crippen LogP contribution in [0.4, 0.5) is 17.6 Å². The highest BCUT2D eigenvalue weighted by Gasteiger charge is 2.32. The molecule has 1 heterocycles. The summed E-state index contributed by atoms with van der Waals surface area (Å²) in [5.74, 6) is -1.56. The Hall–Kier alpha value is -3.66. The molecular weight excluding hydrogens is 510 g/mol. The summed E-state index contributed by atoms with van der Waals surface area (Å²) in [4.78, 5) is 11.7. The molecule has 0 saturated carbocycles. The fraction of sp³-hybridized carbons (Fsp3) is 0.222. The Morgan fingerprint density at radius 2 is 1.65 bits per heavy atom. The van der Waals surface area contributed by atoms with E-state index in [0.717, 1.165) is 40.9 Å².